The number of amides is 5. The first-order valence-corrected chi connectivity index (χ1v) is 9.50. The molecule has 1 heterocycles. The maximum Gasteiger partial charge on any atom is 0.326 e. The second kappa shape index (κ2) is 8.36. The molecule has 0 aromatic heterocycles. The summed E-state index contributed by atoms with van der Waals surface area (Å²) in [5.74, 6) is -1.13. The van der Waals surface area contributed by atoms with Gasteiger partial charge in [0.25, 0.3) is 11.8 Å². The molecule has 5 amide bonds. The van der Waals surface area contributed by atoms with Gasteiger partial charge in [-0.25, -0.2) is 4.79 Å². The van der Waals surface area contributed by atoms with Gasteiger partial charge in [-0.2, -0.15) is 0 Å². The van der Waals surface area contributed by atoms with Crippen molar-refractivity contribution >= 4 is 35.1 Å². The molecular weight excluding hydrogens is 384 g/mol. The number of rotatable bonds is 5. The summed E-state index contributed by atoms with van der Waals surface area (Å²) in [4.78, 5) is 51.3. The van der Waals surface area contributed by atoms with Gasteiger partial charge in [0.05, 0.1) is 6.42 Å². The third-order valence-electron chi connectivity index (χ3n) is 5.13. The van der Waals surface area contributed by atoms with Crippen LogP contribution in [-0.4, -0.2) is 53.7 Å². The first-order valence-electron chi connectivity index (χ1n) is 9.50. The van der Waals surface area contributed by atoms with E-state index in [2.05, 4.69) is 10.6 Å². The molecular formula is C22H24N4O4. The highest BCUT2D eigenvalue weighted by molar-refractivity contribution is 6.07. The molecule has 0 bridgehead atoms. The number of anilines is 2. The van der Waals surface area contributed by atoms with E-state index in [4.69, 9.17) is 0 Å². The molecule has 2 aromatic rings. The average molecular weight is 408 g/mol. The van der Waals surface area contributed by atoms with Gasteiger partial charge < -0.3 is 15.5 Å². The fourth-order valence-corrected chi connectivity index (χ4v) is 3.19. The van der Waals surface area contributed by atoms with Crippen LogP contribution in [0.15, 0.2) is 42.5 Å². The van der Waals surface area contributed by atoms with Gasteiger partial charge in [-0.05, 0) is 43.7 Å². The second-order valence-corrected chi connectivity index (χ2v) is 7.41. The number of likely N-dealkylation sites (N-methyl/N-ethyl adjacent to an activating group) is 2. The van der Waals surface area contributed by atoms with E-state index in [0.29, 0.717) is 16.9 Å². The number of urea groups is 1. The molecule has 0 radical (unpaired) electrons. The first-order chi connectivity index (χ1) is 14.2. The van der Waals surface area contributed by atoms with E-state index in [1.165, 1.54) is 19.0 Å². The summed E-state index contributed by atoms with van der Waals surface area (Å²) < 4.78 is 0. The minimum Gasteiger partial charge on any atom is -0.326 e. The van der Waals surface area contributed by atoms with E-state index >= 15 is 0 Å². The summed E-state index contributed by atoms with van der Waals surface area (Å²) in [6.07, 6.45) is -0.162. The molecule has 1 aliphatic rings. The molecule has 8 nitrogen and oxygen atoms in total. The van der Waals surface area contributed by atoms with Crippen LogP contribution in [0.25, 0.3) is 0 Å². The molecule has 0 saturated carbocycles. The van der Waals surface area contributed by atoms with E-state index < -0.39 is 23.9 Å². The maximum atomic E-state index is 12.6. The lowest BCUT2D eigenvalue weighted by Crippen LogP contribution is -2.35. The first kappa shape index (κ1) is 21.0. The van der Waals surface area contributed by atoms with Crippen LogP contribution in [0.2, 0.25) is 0 Å². The quantitative estimate of drug-likeness (QED) is 0.743. The predicted octanol–water partition coefficient (Wildman–Crippen LogP) is 2.78. The van der Waals surface area contributed by atoms with Crippen molar-refractivity contribution in [2.24, 2.45) is 0 Å². The highest BCUT2D eigenvalue weighted by atomic mass is 16.2. The Labute approximate surface area is 174 Å². The normalized spacial score (nSPS) is 16.1. The number of imide groups is 1. The zero-order chi connectivity index (χ0) is 22.0. The zero-order valence-electron chi connectivity index (χ0n) is 17.4. The SMILES string of the molecule is Cc1ccc(NC(=O)c2ccc(C)c(NC(=O)CC3C(=O)N(C)C(=O)N3C)c2)cc1. The molecule has 2 N–H and O–H groups in total. The molecule has 1 unspecified atom stereocenters. The van der Waals surface area contributed by atoms with Gasteiger partial charge in [0.2, 0.25) is 5.91 Å². The number of hydrogen-bond donors (Lipinski definition) is 2. The Bertz CT molecular complexity index is 1020. The zero-order valence-corrected chi connectivity index (χ0v) is 17.4. The van der Waals surface area contributed by atoms with Gasteiger partial charge in [-0.3, -0.25) is 19.3 Å². The largest absolute Gasteiger partial charge is 0.326 e. The van der Waals surface area contributed by atoms with Crippen molar-refractivity contribution in [3.8, 4) is 0 Å². The van der Waals surface area contributed by atoms with Gasteiger partial charge in [-0.1, -0.05) is 23.8 Å². The Morgan fingerprint density at radius 3 is 2.23 bits per heavy atom. The number of carbonyl (C=O) groups is 4. The molecule has 1 aliphatic heterocycles. The van der Waals surface area contributed by atoms with Crippen molar-refractivity contribution in [1.82, 2.24) is 9.80 Å². The maximum absolute atomic E-state index is 12.6. The summed E-state index contributed by atoms with van der Waals surface area (Å²) in [5, 5.41) is 5.57. The Hall–Kier alpha value is -3.68. The molecule has 1 saturated heterocycles. The van der Waals surface area contributed by atoms with Crippen LogP contribution < -0.4 is 10.6 Å². The molecule has 2 aromatic carbocycles. The molecule has 1 atom stereocenters. The average Bonchev–Trinajstić information content (AvgIpc) is 2.89. The molecule has 8 heteroatoms. The van der Waals surface area contributed by atoms with E-state index in [9.17, 15) is 19.2 Å². The lowest BCUT2D eigenvalue weighted by atomic mass is 10.1. The van der Waals surface area contributed by atoms with Crippen LogP contribution in [-0.2, 0) is 9.59 Å². The highest BCUT2D eigenvalue weighted by Gasteiger charge is 2.41. The monoisotopic (exact) mass is 408 g/mol. The Morgan fingerprint density at radius 2 is 1.63 bits per heavy atom. The number of benzene rings is 2. The van der Waals surface area contributed by atoms with Crippen LogP contribution in [0.1, 0.15) is 27.9 Å². The second-order valence-electron chi connectivity index (χ2n) is 7.41. The van der Waals surface area contributed by atoms with Crippen LogP contribution in [0.5, 0.6) is 0 Å². The third kappa shape index (κ3) is 4.32. The van der Waals surface area contributed by atoms with Gasteiger partial charge >= 0.3 is 6.03 Å². The van der Waals surface area contributed by atoms with Crippen molar-refractivity contribution in [2.75, 3.05) is 24.7 Å². The Morgan fingerprint density at radius 1 is 0.967 bits per heavy atom. The number of nitrogens with zero attached hydrogens (tertiary/aromatic N) is 2. The Balaban J connectivity index is 1.70. The highest BCUT2D eigenvalue weighted by Crippen LogP contribution is 2.21. The van der Waals surface area contributed by atoms with Crippen LogP contribution in [0.3, 0.4) is 0 Å². The number of aryl methyl sites for hydroxylation is 2. The summed E-state index contributed by atoms with van der Waals surface area (Å²) in [5.41, 5.74) is 3.40. The topological polar surface area (TPSA) is 98.8 Å². The molecule has 30 heavy (non-hydrogen) atoms. The summed E-state index contributed by atoms with van der Waals surface area (Å²) in [6, 6.07) is 11.2. The smallest absolute Gasteiger partial charge is 0.326 e. The van der Waals surface area contributed by atoms with E-state index in [1.54, 1.807) is 25.1 Å². The molecule has 3 rings (SSSR count). The van der Waals surface area contributed by atoms with E-state index in [-0.39, 0.29) is 12.3 Å². The van der Waals surface area contributed by atoms with Crippen LogP contribution in [0, 0.1) is 13.8 Å². The van der Waals surface area contributed by atoms with Crippen molar-refractivity contribution < 1.29 is 19.2 Å². The van der Waals surface area contributed by atoms with Gasteiger partial charge in [0.15, 0.2) is 0 Å². The Kier molecular flexibility index (Phi) is 5.86. The van der Waals surface area contributed by atoms with Crippen molar-refractivity contribution in [2.45, 2.75) is 26.3 Å². The lowest BCUT2D eigenvalue weighted by molar-refractivity contribution is -0.129. The van der Waals surface area contributed by atoms with Gasteiger partial charge in [0, 0.05) is 31.0 Å². The van der Waals surface area contributed by atoms with Crippen LogP contribution >= 0.6 is 0 Å². The minimum atomic E-state index is -0.837. The van der Waals surface area contributed by atoms with Crippen LogP contribution in [0.4, 0.5) is 16.2 Å². The molecule has 156 valence electrons. The molecule has 0 spiro atoms. The fraction of sp³-hybridized carbons (Fsp3) is 0.273. The lowest BCUT2D eigenvalue weighted by Gasteiger charge is -2.16. The van der Waals surface area contributed by atoms with Gasteiger partial charge in [0.1, 0.15) is 6.04 Å². The number of carbonyl (C=O) groups excluding carboxylic acids is 4. The van der Waals surface area contributed by atoms with Gasteiger partial charge in [-0.15, -0.1) is 0 Å². The van der Waals surface area contributed by atoms with Crippen molar-refractivity contribution in [1.29, 1.82) is 0 Å². The fourth-order valence-electron chi connectivity index (χ4n) is 3.19. The summed E-state index contributed by atoms with van der Waals surface area (Å²) in [6.45, 7) is 3.77. The standard InChI is InChI=1S/C22H24N4O4/c1-13-5-9-16(10-6-13)23-20(28)15-8-7-14(2)17(11-15)24-19(27)12-18-21(29)26(4)22(30)25(18)3/h5-11,18H,12H2,1-4H3,(H,23,28)(H,24,27). The molecule has 1 fully saturated rings. The predicted molar refractivity (Wildman–Crippen MR) is 113 cm³/mol. The van der Waals surface area contributed by atoms with E-state index in [1.807, 2.05) is 31.2 Å². The minimum absolute atomic E-state index is 0.162. The summed E-state index contributed by atoms with van der Waals surface area (Å²) >= 11 is 0. The molecule has 0 aliphatic carbocycles. The van der Waals surface area contributed by atoms with Crippen molar-refractivity contribution in [3.63, 3.8) is 0 Å². The number of nitrogens with one attached hydrogen (secondary N) is 2. The van der Waals surface area contributed by atoms with E-state index in [0.717, 1.165) is 16.0 Å². The number of hydrogen-bond acceptors (Lipinski definition) is 4. The van der Waals surface area contributed by atoms with Crippen molar-refractivity contribution in [3.05, 3.63) is 59.2 Å². The summed E-state index contributed by atoms with van der Waals surface area (Å²) in [7, 11) is 2.88. The third-order valence-corrected chi connectivity index (χ3v) is 5.13.